The molecule has 0 radical (unpaired) electrons. The number of nitrogens with one attached hydrogen (secondary N) is 1. The Morgan fingerprint density at radius 3 is 2.43 bits per heavy atom. The Morgan fingerprint density at radius 1 is 1.43 bits per heavy atom. The van der Waals surface area contributed by atoms with E-state index in [-0.39, 0.29) is 23.9 Å². The largest absolute Gasteiger partial charge is 0.480 e. The number of carboxylic acid groups (broad SMARTS) is 1. The summed E-state index contributed by atoms with van der Waals surface area (Å²) in [6.07, 6.45) is 1.85. The molecule has 1 aliphatic rings. The summed E-state index contributed by atoms with van der Waals surface area (Å²) in [6, 6.07) is -0.335. The zero-order valence-corrected chi connectivity index (χ0v) is 9.86. The molecule has 0 saturated carbocycles. The summed E-state index contributed by atoms with van der Waals surface area (Å²) in [4.78, 5) is 10.8. The Hall–Kier alpha value is -0.280. The maximum Gasteiger partial charge on any atom is 0.320 e. The van der Waals surface area contributed by atoms with E-state index in [1.54, 1.807) is 0 Å². The lowest BCUT2D eigenvalue weighted by Crippen LogP contribution is -2.46. The van der Waals surface area contributed by atoms with Gasteiger partial charge in [-0.25, -0.2) is 0 Å². The van der Waals surface area contributed by atoms with Gasteiger partial charge in [-0.15, -0.1) is 12.4 Å². The molecule has 0 aromatic carbocycles. The number of carboxylic acids is 1. The minimum absolute atomic E-state index is 0. The first-order chi connectivity index (χ1) is 5.91. The van der Waals surface area contributed by atoms with E-state index in [1.807, 2.05) is 0 Å². The van der Waals surface area contributed by atoms with Crippen molar-refractivity contribution in [1.82, 2.24) is 5.32 Å². The second kappa shape index (κ2) is 4.99. The SMILES string of the molecule is CC(C)(C)[C@H]1CCN[C@@H](C(=O)O)C1.Cl. The van der Waals surface area contributed by atoms with Crippen molar-refractivity contribution in [1.29, 1.82) is 0 Å². The van der Waals surface area contributed by atoms with Gasteiger partial charge in [0.1, 0.15) is 6.04 Å². The number of carbonyl (C=O) groups is 1. The average molecular weight is 222 g/mol. The molecule has 0 amide bonds. The second-order valence-corrected chi connectivity index (χ2v) is 4.93. The monoisotopic (exact) mass is 221 g/mol. The summed E-state index contributed by atoms with van der Waals surface area (Å²) >= 11 is 0. The highest BCUT2D eigenvalue weighted by atomic mass is 35.5. The molecule has 1 heterocycles. The fourth-order valence-corrected chi connectivity index (χ4v) is 1.89. The van der Waals surface area contributed by atoms with Crippen LogP contribution in [-0.2, 0) is 4.79 Å². The van der Waals surface area contributed by atoms with E-state index < -0.39 is 5.97 Å². The molecule has 0 spiro atoms. The Bertz CT molecular complexity index is 201. The van der Waals surface area contributed by atoms with E-state index in [4.69, 9.17) is 5.11 Å². The van der Waals surface area contributed by atoms with Crippen LogP contribution in [0.2, 0.25) is 0 Å². The molecule has 0 aromatic heterocycles. The normalized spacial score (nSPS) is 27.9. The van der Waals surface area contributed by atoms with Crippen molar-refractivity contribution in [3.63, 3.8) is 0 Å². The van der Waals surface area contributed by atoms with Gasteiger partial charge in [-0.3, -0.25) is 4.79 Å². The molecular weight excluding hydrogens is 202 g/mol. The third-order valence-electron chi connectivity index (χ3n) is 2.93. The van der Waals surface area contributed by atoms with Crippen LogP contribution in [0.15, 0.2) is 0 Å². The smallest absolute Gasteiger partial charge is 0.320 e. The summed E-state index contributed by atoms with van der Waals surface area (Å²) in [6.45, 7) is 7.38. The third-order valence-corrected chi connectivity index (χ3v) is 2.93. The molecule has 1 rings (SSSR count). The minimum atomic E-state index is -0.714. The summed E-state index contributed by atoms with van der Waals surface area (Å²) in [5, 5.41) is 11.9. The maximum atomic E-state index is 10.8. The van der Waals surface area contributed by atoms with E-state index in [9.17, 15) is 4.79 Å². The fourth-order valence-electron chi connectivity index (χ4n) is 1.89. The molecule has 0 unspecified atom stereocenters. The first kappa shape index (κ1) is 13.7. The Balaban J connectivity index is 0.00000169. The highest BCUT2D eigenvalue weighted by Gasteiger charge is 2.33. The van der Waals surface area contributed by atoms with Crippen LogP contribution in [-0.4, -0.2) is 23.7 Å². The van der Waals surface area contributed by atoms with E-state index in [2.05, 4.69) is 26.1 Å². The van der Waals surface area contributed by atoms with Gasteiger partial charge < -0.3 is 10.4 Å². The Kier molecular flexibility index (Phi) is 4.89. The van der Waals surface area contributed by atoms with Crippen molar-refractivity contribution >= 4 is 18.4 Å². The van der Waals surface area contributed by atoms with Crippen molar-refractivity contribution in [3.05, 3.63) is 0 Å². The molecule has 2 atom stereocenters. The molecule has 0 aromatic rings. The summed E-state index contributed by atoms with van der Waals surface area (Å²) in [5.74, 6) is -0.191. The first-order valence-corrected chi connectivity index (χ1v) is 4.87. The predicted octanol–water partition coefficient (Wildman–Crippen LogP) is 1.91. The van der Waals surface area contributed by atoms with E-state index in [1.165, 1.54) is 0 Å². The number of aliphatic carboxylic acids is 1. The Morgan fingerprint density at radius 2 is 2.00 bits per heavy atom. The highest BCUT2D eigenvalue weighted by molar-refractivity contribution is 5.85. The topological polar surface area (TPSA) is 49.3 Å². The van der Waals surface area contributed by atoms with E-state index >= 15 is 0 Å². The molecule has 0 bridgehead atoms. The number of halogens is 1. The number of hydrogen-bond donors (Lipinski definition) is 2. The van der Waals surface area contributed by atoms with Crippen molar-refractivity contribution in [2.45, 2.75) is 39.7 Å². The number of rotatable bonds is 1. The van der Waals surface area contributed by atoms with Gasteiger partial charge in [-0.05, 0) is 30.7 Å². The van der Waals surface area contributed by atoms with Gasteiger partial charge in [0.15, 0.2) is 0 Å². The lowest BCUT2D eigenvalue weighted by Gasteiger charge is -2.36. The molecule has 0 aliphatic carbocycles. The molecule has 3 nitrogen and oxygen atoms in total. The van der Waals surface area contributed by atoms with Gasteiger partial charge in [0, 0.05) is 0 Å². The minimum Gasteiger partial charge on any atom is -0.480 e. The second-order valence-electron chi connectivity index (χ2n) is 4.93. The van der Waals surface area contributed by atoms with Crippen LogP contribution in [0.3, 0.4) is 0 Å². The van der Waals surface area contributed by atoms with Crippen LogP contribution in [0, 0.1) is 11.3 Å². The Labute approximate surface area is 91.7 Å². The summed E-state index contributed by atoms with van der Waals surface area (Å²) < 4.78 is 0. The molecule has 2 N–H and O–H groups in total. The molecule has 4 heteroatoms. The van der Waals surface area contributed by atoms with Gasteiger partial charge in [-0.1, -0.05) is 20.8 Å². The molecular formula is C10H20ClNO2. The van der Waals surface area contributed by atoms with Gasteiger partial charge in [0.2, 0.25) is 0 Å². The van der Waals surface area contributed by atoms with Crippen molar-refractivity contribution < 1.29 is 9.90 Å². The first-order valence-electron chi connectivity index (χ1n) is 4.87. The standard InChI is InChI=1S/C10H19NO2.ClH/c1-10(2,3)7-4-5-11-8(6-7)9(12)13;/h7-8,11H,4-6H2,1-3H3,(H,12,13);1H/t7-,8+;/m0./s1. The van der Waals surface area contributed by atoms with Gasteiger partial charge in [0.25, 0.3) is 0 Å². The molecule has 84 valence electrons. The molecule has 1 fully saturated rings. The van der Waals surface area contributed by atoms with Crippen LogP contribution >= 0.6 is 12.4 Å². The van der Waals surface area contributed by atoms with Crippen molar-refractivity contribution in [3.8, 4) is 0 Å². The molecule has 14 heavy (non-hydrogen) atoms. The number of hydrogen-bond acceptors (Lipinski definition) is 2. The lowest BCUT2D eigenvalue weighted by molar-refractivity contribution is -0.140. The predicted molar refractivity (Wildman–Crippen MR) is 58.9 cm³/mol. The van der Waals surface area contributed by atoms with E-state index in [0.29, 0.717) is 5.92 Å². The van der Waals surface area contributed by atoms with Crippen LogP contribution in [0.5, 0.6) is 0 Å². The van der Waals surface area contributed by atoms with Crippen molar-refractivity contribution in [2.24, 2.45) is 11.3 Å². The average Bonchev–Trinajstić information content (AvgIpc) is 2.03. The maximum absolute atomic E-state index is 10.8. The van der Waals surface area contributed by atoms with E-state index in [0.717, 1.165) is 19.4 Å². The van der Waals surface area contributed by atoms with Gasteiger partial charge in [-0.2, -0.15) is 0 Å². The highest BCUT2D eigenvalue weighted by Crippen LogP contribution is 2.34. The molecule has 1 aliphatic heterocycles. The van der Waals surface area contributed by atoms with Crippen LogP contribution in [0.25, 0.3) is 0 Å². The fraction of sp³-hybridized carbons (Fsp3) is 0.900. The van der Waals surface area contributed by atoms with Crippen LogP contribution < -0.4 is 5.32 Å². The summed E-state index contributed by atoms with van der Waals surface area (Å²) in [7, 11) is 0. The van der Waals surface area contributed by atoms with Crippen LogP contribution in [0.4, 0.5) is 0 Å². The summed E-state index contributed by atoms with van der Waals surface area (Å²) in [5.41, 5.74) is 0.232. The third kappa shape index (κ3) is 3.46. The molecule has 1 saturated heterocycles. The van der Waals surface area contributed by atoms with Gasteiger partial charge in [0.05, 0.1) is 0 Å². The zero-order chi connectivity index (χ0) is 10.1. The van der Waals surface area contributed by atoms with Crippen molar-refractivity contribution in [2.75, 3.05) is 6.54 Å². The quantitative estimate of drug-likeness (QED) is 0.711. The van der Waals surface area contributed by atoms with Crippen LogP contribution in [0.1, 0.15) is 33.6 Å². The zero-order valence-electron chi connectivity index (χ0n) is 9.04. The lowest BCUT2D eigenvalue weighted by atomic mass is 9.74. The number of piperidine rings is 1. The van der Waals surface area contributed by atoms with Gasteiger partial charge >= 0.3 is 5.97 Å².